The van der Waals surface area contributed by atoms with Crippen LogP contribution in [0.25, 0.3) is 0 Å². The SMILES string of the molecule is CC(O)CN(C)Cc1ccc(F)cc1C#CCN. The predicted molar refractivity (Wildman–Crippen MR) is 70.3 cm³/mol. The first-order valence-electron chi connectivity index (χ1n) is 5.87. The van der Waals surface area contributed by atoms with Crippen LogP contribution in [0.5, 0.6) is 0 Å². The van der Waals surface area contributed by atoms with Crippen LogP contribution in [-0.2, 0) is 6.54 Å². The van der Waals surface area contributed by atoms with Gasteiger partial charge in [0.1, 0.15) is 5.82 Å². The summed E-state index contributed by atoms with van der Waals surface area (Å²) in [5.74, 6) is 5.29. The first kappa shape index (κ1) is 14.7. The monoisotopic (exact) mass is 250 g/mol. The lowest BCUT2D eigenvalue weighted by Crippen LogP contribution is -2.27. The van der Waals surface area contributed by atoms with E-state index in [1.54, 1.807) is 13.0 Å². The number of halogens is 1. The van der Waals surface area contributed by atoms with Gasteiger partial charge in [-0.1, -0.05) is 17.9 Å². The van der Waals surface area contributed by atoms with Crippen molar-refractivity contribution in [1.29, 1.82) is 0 Å². The quantitative estimate of drug-likeness (QED) is 0.782. The summed E-state index contributed by atoms with van der Waals surface area (Å²) in [4.78, 5) is 1.96. The van der Waals surface area contributed by atoms with Crippen LogP contribution in [0.3, 0.4) is 0 Å². The molecule has 0 radical (unpaired) electrons. The second-order valence-corrected chi connectivity index (χ2v) is 4.35. The van der Waals surface area contributed by atoms with Gasteiger partial charge in [-0.25, -0.2) is 4.39 Å². The van der Waals surface area contributed by atoms with Crippen LogP contribution in [0.15, 0.2) is 18.2 Å². The summed E-state index contributed by atoms with van der Waals surface area (Å²) in [6.07, 6.45) is -0.394. The largest absolute Gasteiger partial charge is 0.392 e. The van der Waals surface area contributed by atoms with E-state index in [4.69, 9.17) is 5.73 Å². The summed E-state index contributed by atoms with van der Waals surface area (Å²) < 4.78 is 13.2. The Morgan fingerprint density at radius 3 is 2.83 bits per heavy atom. The molecule has 3 nitrogen and oxygen atoms in total. The fourth-order valence-electron chi connectivity index (χ4n) is 1.76. The van der Waals surface area contributed by atoms with Crippen LogP contribution >= 0.6 is 0 Å². The molecule has 0 saturated carbocycles. The lowest BCUT2D eigenvalue weighted by molar-refractivity contribution is 0.138. The molecular weight excluding hydrogens is 231 g/mol. The molecule has 1 rings (SSSR count). The topological polar surface area (TPSA) is 49.5 Å². The summed E-state index contributed by atoms with van der Waals surface area (Å²) in [6.45, 7) is 3.15. The zero-order valence-electron chi connectivity index (χ0n) is 10.8. The van der Waals surface area contributed by atoms with Crippen molar-refractivity contribution in [3.63, 3.8) is 0 Å². The highest BCUT2D eigenvalue weighted by atomic mass is 19.1. The third kappa shape index (κ3) is 4.84. The van der Waals surface area contributed by atoms with Gasteiger partial charge in [-0.15, -0.1) is 0 Å². The van der Waals surface area contributed by atoms with Gasteiger partial charge in [-0.05, 0) is 31.7 Å². The van der Waals surface area contributed by atoms with Crippen molar-refractivity contribution in [2.45, 2.75) is 19.6 Å². The van der Waals surface area contributed by atoms with Crippen LogP contribution in [0.1, 0.15) is 18.1 Å². The van der Waals surface area contributed by atoms with Crippen molar-refractivity contribution < 1.29 is 9.50 Å². The Hall–Kier alpha value is -1.41. The second-order valence-electron chi connectivity index (χ2n) is 4.35. The Labute approximate surface area is 107 Å². The second kappa shape index (κ2) is 7.12. The Kier molecular flexibility index (Phi) is 5.79. The fraction of sp³-hybridized carbons (Fsp3) is 0.429. The van der Waals surface area contributed by atoms with Crippen LogP contribution in [0.2, 0.25) is 0 Å². The summed E-state index contributed by atoms with van der Waals surface area (Å²) in [5, 5.41) is 9.31. The van der Waals surface area contributed by atoms with E-state index >= 15 is 0 Å². The lowest BCUT2D eigenvalue weighted by atomic mass is 10.1. The van der Waals surface area contributed by atoms with E-state index in [0.29, 0.717) is 18.7 Å². The molecule has 0 bridgehead atoms. The minimum atomic E-state index is -0.394. The number of aliphatic hydroxyl groups excluding tert-OH is 1. The number of rotatable bonds is 4. The standard InChI is InChI=1S/C14H19FN2O/c1-11(18)9-17(2)10-13-5-6-14(15)8-12(13)4-3-7-16/h5-6,8,11,18H,7,9-10,16H2,1-2H3. The first-order valence-corrected chi connectivity index (χ1v) is 5.87. The molecule has 98 valence electrons. The summed E-state index contributed by atoms with van der Waals surface area (Å²) in [7, 11) is 1.90. The summed E-state index contributed by atoms with van der Waals surface area (Å²) >= 11 is 0. The smallest absolute Gasteiger partial charge is 0.124 e. The molecule has 3 N–H and O–H groups in total. The van der Waals surface area contributed by atoms with Crippen molar-refractivity contribution >= 4 is 0 Å². The van der Waals surface area contributed by atoms with E-state index < -0.39 is 6.10 Å². The highest BCUT2D eigenvalue weighted by Crippen LogP contribution is 2.12. The van der Waals surface area contributed by atoms with E-state index in [9.17, 15) is 9.50 Å². The Balaban J connectivity index is 2.87. The molecule has 0 aliphatic heterocycles. The van der Waals surface area contributed by atoms with E-state index in [1.165, 1.54) is 12.1 Å². The average Bonchev–Trinajstić information content (AvgIpc) is 2.28. The molecule has 0 spiro atoms. The number of benzene rings is 1. The maximum atomic E-state index is 13.2. The van der Waals surface area contributed by atoms with Crippen LogP contribution in [0.4, 0.5) is 4.39 Å². The van der Waals surface area contributed by atoms with Gasteiger partial charge in [0.05, 0.1) is 12.6 Å². The molecule has 0 saturated heterocycles. The van der Waals surface area contributed by atoms with Crippen LogP contribution in [0, 0.1) is 17.7 Å². The van der Waals surface area contributed by atoms with E-state index in [0.717, 1.165) is 5.56 Å². The molecule has 18 heavy (non-hydrogen) atoms. The molecule has 0 aliphatic rings. The fourth-order valence-corrected chi connectivity index (χ4v) is 1.76. The predicted octanol–water partition coefficient (Wildman–Crippen LogP) is 0.949. The Morgan fingerprint density at radius 2 is 2.22 bits per heavy atom. The Morgan fingerprint density at radius 1 is 1.50 bits per heavy atom. The molecule has 1 atom stereocenters. The molecule has 0 aliphatic carbocycles. The number of hydrogen-bond acceptors (Lipinski definition) is 3. The van der Waals surface area contributed by atoms with E-state index in [-0.39, 0.29) is 12.4 Å². The Bertz CT molecular complexity index is 449. The minimum Gasteiger partial charge on any atom is -0.392 e. The van der Waals surface area contributed by atoms with Gasteiger partial charge >= 0.3 is 0 Å². The van der Waals surface area contributed by atoms with Crippen LogP contribution < -0.4 is 5.73 Å². The van der Waals surface area contributed by atoms with Gasteiger partial charge in [0.25, 0.3) is 0 Å². The van der Waals surface area contributed by atoms with E-state index in [1.807, 2.05) is 11.9 Å². The number of nitrogens with zero attached hydrogens (tertiary/aromatic N) is 1. The maximum Gasteiger partial charge on any atom is 0.124 e. The third-order valence-electron chi connectivity index (χ3n) is 2.41. The highest BCUT2D eigenvalue weighted by Gasteiger charge is 2.07. The average molecular weight is 250 g/mol. The zero-order chi connectivity index (χ0) is 13.5. The molecule has 1 unspecified atom stereocenters. The van der Waals surface area contributed by atoms with Gasteiger partial charge in [0.2, 0.25) is 0 Å². The van der Waals surface area contributed by atoms with Crippen molar-refractivity contribution in [2.75, 3.05) is 20.1 Å². The first-order chi connectivity index (χ1) is 8.52. The van der Waals surface area contributed by atoms with Gasteiger partial charge < -0.3 is 10.8 Å². The molecule has 0 fully saturated rings. The number of likely N-dealkylation sites (N-methyl/N-ethyl adjacent to an activating group) is 1. The van der Waals surface area contributed by atoms with Crippen LogP contribution in [-0.4, -0.2) is 36.2 Å². The molecule has 4 heteroatoms. The molecular formula is C14H19FN2O. The molecule has 0 heterocycles. The minimum absolute atomic E-state index is 0.249. The van der Waals surface area contributed by atoms with Gasteiger partial charge in [0.15, 0.2) is 0 Å². The summed E-state index contributed by atoms with van der Waals surface area (Å²) in [6, 6.07) is 4.54. The number of aliphatic hydroxyl groups is 1. The molecule has 1 aromatic rings. The van der Waals surface area contributed by atoms with E-state index in [2.05, 4.69) is 11.8 Å². The zero-order valence-corrected chi connectivity index (χ0v) is 10.8. The summed E-state index contributed by atoms with van der Waals surface area (Å²) in [5.41, 5.74) is 6.90. The number of hydrogen-bond donors (Lipinski definition) is 2. The van der Waals surface area contributed by atoms with Crippen molar-refractivity contribution in [1.82, 2.24) is 4.90 Å². The van der Waals surface area contributed by atoms with Crippen molar-refractivity contribution in [3.8, 4) is 11.8 Å². The molecule has 1 aromatic carbocycles. The number of nitrogens with two attached hydrogens (primary N) is 1. The maximum absolute atomic E-state index is 13.2. The van der Waals surface area contributed by atoms with Crippen molar-refractivity contribution in [3.05, 3.63) is 35.1 Å². The van der Waals surface area contributed by atoms with Crippen molar-refractivity contribution in [2.24, 2.45) is 5.73 Å². The lowest BCUT2D eigenvalue weighted by Gasteiger charge is -2.19. The van der Waals surface area contributed by atoms with Gasteiger partial charge in [-0.2, -0.15) is 0 Å². The van der Waals surface area contributed by atoms with Gasteiger partial charge in [-0.3, -0.25) is 4.90 Å². The molecule has 0 amide bonds. The normalized spacial score (nSPS) is 12.1. The third-order valence-corrected chi connectivity index (χ3v) is 2.41. The van der Waals surface area contributed by atoms with Gasteiger partial charge in [0, 0.05) is 18.7 Å². The highest BCUT2D eigenvalue weighted by molar-refractivity contribution is 5.41. The molecule has 0 aromatic heterocycles.